The van der Waals surface area contributed by atoms with E-state index < -0.39 is 0 Å². The first kappa shape index (κ1) is 15.1. The molecule has 110 valence electrons. The van der Waals surface area contributed by atoms with Crippen molar-refractivity contribution < 1.29 is 0 Å². The van der Waals surface area contributed by atoms with Gasteiger partial charge in [-0.25, -0.2) is 0 Å². The second kappa shape index (κ2) is 6.99. The van der Waals surface area contributed by atoms with E-state index in [-0.39, 0.29) is 0 Å². The minimum atomic E-state index is 1.04. The Morgan fingerprint density at radius 3 is 1.50 bits per heavy atom. The second-order valence-electron chi connectivity index (χ2n) is 4.77. The molecule has 3 aromatic carbocycles. The molecular formula is C18H14Br2N2. The predicted molar refractivity (Wildman–Crippen MR) is 100 cm³/mol. The van der Waals surface area contributed by atoms with E-state index in [4.69, 9.17) is 0 Å². The summed E-state index contributed by atoms with van der Waals surface area (Å²) in [4.78, 5) is 0. The van der Waals surface area contributed by atoms with Crippen molar-refractivity contribution in [1.29, 1.82) is 0 Å². The molecule has 0 aliphatic carbocycles. The van der Waals surface area contributed by atoms with Crippen LogP contribution in [0.1, 0.15) is 0 Å². The van der Waals surface area contributed by atoms with Gasteiger partial charge in [-0.2, -0.15) is 0 Å². The Morgan fingerprint density at radius 1 is 0.591 bits per heavy atom. The third-order valence-electron chi connectivity index (χ3n) is 3.18. The van der Waals surface area contributed by atoms with Gasteiger partial charge in [-0.05, 0) is 60.7 Å². The highest BCUT2D eigenvalue weighted by Crippen LogP contribution is 2.28. The molecule has 0 saturated heterocycles. The van der Waals surface area contributed by atoms with E-state index in [1.807, 2.05) is 54.6 Å². The standard InChI is InChI=1S/C18H14Br2N2/c19-14-6-10-17(11-7-14)22(18-12-8-15(20)9-13-18)21-16-4-2-1-3-5-16/h1-13,21H. The Hall–Kier alpha value is -1.78. The normalized spacial score (nSPS) is 10.3. The summed E-state index contributed by atoms with van der Waals surface area (Å²) in [5.74, 6) is 0. The summed E-state index contributed by atoms with van der Waals surface area (Å²) in [5.41, 5.74) is 6.62. The first-order valence-corrected chi connectivity index (χ1v) is 8.44. The molecule has 1 N–H and O–H groups in total. The lowest BCUT2D eigenvalue weighted by atomic mass is 10.2. The average Bonchev–Trinajstić information content (AvgIpc) is 2.56. The third kappa shape index (κ3) is 3.70. The van der Waals surface area contributed by atoms with Crippen LogP contribution in [0.3, 0.4) is 0 Å². The van der Waals surface area contributed by atoms with Crippen molar-refractivity contribution >= 4 is 48.9 Å². The van der Waals surface area contributed by atoms with Crippen molar-refractivity contribution in [3.63, 3.8) is 0 Å². The molecule has 0 amide bonds. The smallest absolute Gasteiger partial charge is 0.0631 e. The SMILES string of the molecule is Brc1ccc(N(Nc2ccccc2)c2ccc(Br)cc2)cc1. The molecule has 0 aliphatic heterocycles. The van der Waals surface area contributed by atoms with E-state index >= 15 is 0 Å². The number of nitrogens with zero attached hydrogens (tertiary/aromatic N) is 1. The van der Waals surface area contributed by atoms with Gasteiger partial charge in [0.15, 0.2) is 0 Å². The number of hydrazine groups is 1. The Kier molecular flexibility index (Phi) is 4.80. The fourth-order valence-corrected chi connectivity index (χ4v) is 2.63. The first-order valence-electron chi connectivity index (χ1n) is 6.85. The molecular weight excluding hydrogens is 404 g/mol. The maximum atomic E-state index is 3.48. The Bertz CT molecular complexity index is 680. The van der Waals surface area contributed by atoms with Crippen LogP contribution in [0.5, 0.6) is 0 Å². The zero-order valence-electron chi connectivity index (χ0n) is 11.7. The molecule has 3 aromatic rings. The predicted octanol–water partition coefficient (Wildman–Crippen LogP) is 6.38. The minimum absolute atomic E-state index is 1.04. The molecule has 0 aromatic heterocycles. The summed E-state index contributed by atoms with van der Waals surface area (Å²) >= 11 is 6.96. The monoisotopic (exact) mass is 416 g/mol. The largest absolute Gasteiger partial charge is 0.294 e. The molecule has 0 heterocycles. The topological polar surface area (TPSA) is 15.3 Å². The van der Waals surface area contributed by atoms with Gasteiger partial charge in [0, 0.05) is 8.95 Å². The van der Waals surface area contributed by atoms with Crippen molar-refractivity contribution in [1.82, 2.24) is 0 Å². The highest BCUT2D eigenvalue weighted by Gasteiger charge is 2.09. The van der Waals surface area contributed by atoms with Crippen LogP contribution in [0.4, 0.5) is 17.1 Å². The molecule has 3 rings (SSSR count). The Balaban J connectivity index is 1.97. The van der Waals surface area contributed by atoms with Gasteiger partial charge in [0.1, 0.15) is 0 Å². The van der Waals surface area contributed by atoms with E-state index in [9.17, 15) is 0 Å². The highest BCUT2D eigenvalue weighted by atomic mass is 79.9. The van der Waals surface area contributed by atoms with Gasteiger partial charge in [0.2, 0.25) is 0 Å². The number of hydrogen-bond donors (Lipinski definition) is 1. The van der Waals surface area contributed by atoms with Gasteiger partial charge in [-0.1, -0.05) is 50.1 Å². The molecule has 0 aliphatic rings. The highest BCUT2D eigenvalue weighted by molar-refractivity contribution is 9.10. The van der Waals surface area contributed by atoms with E-state index in [0.717, 1.165) is 26.0 Å². The van der Waals surface area contributed by atoms with Gasteiger partial charge in [-0.3, -0.25) is 10.4 Å². The zero-order valence-corrected chi connectivity index (χ0v) is 14.9. The van der Waals surface area contributed by atoms with Gasteiger partial charge >= 0.3 is 0 Å². The van der Waals surface area contributed by atoms with Crippen LogP contribution in [0, 0.1) is 0 Å². The van der Waals surface area contributed by atoms with Crippen LogP contribution in [-0.2, 0) is 0 Å². The zero-order chi connectivity index (χ0) is 15.4. The van der Waals surface area contributed by atoms with Gasteiger partial charge < -0.3 is 0 Å². The van der Waals surface area contributed by atoms with Crippen LogP contribution < -0.4 is 10.4 Å². The van der Waals surface area contributed by atoms with Crippen molar-refractivity contribution in [2.45, 2.75) is 0 Å². The number of benzene rings is 3. The summed E-state index contributed by atoms with van der Waals surface area (Å²) in [6.45, 7) is 0. The lowest BCUT2D eigenvalue weighted by molar-refractivity contribution is 1.16. The van der Waals surface area contributed by atoms with Crippen LogP contribution in [0.15, 0.2) is 87.8 Å². The van der Waals surface area contributed by atoms with Gasteiger partial charge in [-0.15, -0.1) is 0 Å². The fourth-order valence-electron chi connectivity index (χ4n) is 2.10. The van der Waals surface area contributed by atoms with Gasteiger partial charge in [0.05, 0.1) is 17.1 Å². The maximum absolute atomic E-state index is 3.48. The second-order valence-corrected chi connectivity index (χ2v) is 6.60. The summed E-state index contributed by atoms with van der Waals surface area (Å²) < 4.78 is 2.12. The third-order valence-corrected chi connectivity index (χ3v) is 4.24. The lowest BCUT2D eigenvalue weighted by Gasteiger charge is -2.26. The van der Waals surface area contributed by atoms with E-state index in [1.54, 1.807) is 0 Å². The number of halogens is 2. The first-order chi connectivity index (χ1) is 10.7. The molecule has 0 unspecified atom stereocenters. The molecule has 4 heteroatoms. The molecule has 0 saturated carbocycles. The number of anilines is 3. The summed E-state index contributed by atoms with van der Waals surface area (Å²) in [6.07, 6.45) is 0. The molecule has 0 fully saturated rings. The minimum Gasteiger partial charge on any atom is -0.294 e. The van der Waals surface area contributed by atoms with E-state index in [0.29, 0.717) is 0 Å². The average molecular weight is 418 g/mol. The molecule has 0 atom stereocenters. The summed E-state index contributed by atoms with van der Waals surface area (Å²) in [5, 5.41) is 2.06. The Morgan fingerprint density at radius 2 is 1.05 bits per heavy atom. The van der Waals surface area contributed by atoms with Crippen molar-refractivity contribution in [3.8, 4) is 0 Å². The van der Waals surface area contributed by atoms with E-state index in [2.05, 4.69) is 66.6 Å². The Labute approximate surface area is 147 Å². The molecule has 2 nitrogen and oxygen atoms in total. The van der Waals surface area contributed by atoms with Crippen molar-refractivity contribution in [2.75, 3.05) is 10.4 Å². The fraction of sp³-hybridized carbons (Fsp3) is 0. The number of rotatable bonds is 4. The summed E-state index contributed by atoms with van der Waals surface area (Å²) in [7, 11) is 0. The molecule has 0 bridgehead atoms. The van der Waals surface area contributed by atoms with Crippen LogP contribution in [-0.4, -0.2) is 0 Å². The molecule has 0 spiro atoms. The van der Waals surface area contributed by atoms with Gasteiger partial charge in [0.25, 0.3) is 0 Å². The summed E-state index contributed by atoms with van der Waals surface area (Å²) in [6, 6.07) is 26.6. The number of nitrogens with one attached hydrogen (secondary N) is 1. The number of hydrogen-bond acceptors (Lipinski definition) is 2. The van der Waals surface area contributed by atoms with Crippen molar-refractivity contribution in [2.24, 2.45) is 0 Å². The van der Waals surface area contributed by atoms with Crippen LogP contribution in [0.25, 0.3) is 0 Å². The number of para-hydroxylation sites is 1. The molecule has 0 radical (unpaired) electrons. The quantitative estimate of drug-likeness (QED) is 0.495. The van der Waals surface area contributed by atoms with Crippen LogP contribution >= 0.6 is 31.9 Å². The van der Waals surface area contributed by atoms with Crippen LogP contribution in [0.2, 0.25) is 0 Å². The maximum Gasteiger partial charge on any atom is 0.0631 e. The van der Waals surface area contributed by atoms with E-state index in [1.165, 1.54) is 0 Å². The lowest BCUT2D eigenvalue weighted by Crippen LogP contribution is -2.24. The molecule has 22 heavy (non-hydrogen) atoms. The van der Waals surface area contributed by atoms with Crippen molar-refractivity contribution in [3.05, 3.63) is 87.8 Å².